The van der Waals surface area contributed by atoms with Crippen LogP contribution in [-0.4, -0.2) is 27.6 Å². The quantitative estimate of drug-likeness (QED) is 0.802. The molecule has 0 bridgehead atoms. The number of aromatic carboxylic acids is 1. The zero-order chi connectivity index (χ0) is 15.0. The molecule has 21 heavy (non-hydrogen) atoms. The van der Waals surface area contributed by atoms with E-state index in [1.807, 2.05) is 31.3 Å². The van der Waals surface area contributed by atoms with Crippen molar-refractivity contribution >= 4 is 11.6 Å². The highest BCUT2D eigenvalue weighted by Gasteiger charge is 2.09. The minimum Gasteiger partial charge on any atom is -0.496 e. The number of imidazole rings is 1. The van der Waals surface area contributed by atoms with Crippen molar-refractivity contribution in [1.29, 1.82) is 0 Å². The summed E-state index contributed by atoms with van der Waals surface area (Å²) in [5.74, 6) is -0.127. The Balaban J connectivity index is 2.08. The normalized spacial score (nSPS) is 10.8. The predicted octanol–water partition coefficient (Wildman–Crippen LogP) is 3.02. The van der Waals surface area contributed by atoms with Crippen LogP contribution in [-0.2, 0) is 0 Å². The van der Waals surface area contributed by atoms with Crippen molar-refractivity contribution in [2.24, 2.45) is 0 Å². The van der Waals surface area contributed by atoms with Gasteiger partial charge in [-0.05, 0) is 42.8 Å². The third-order valence-corrected chi connectivity index (χ3v) is 3.40. The lowest BCUT2D eigenvalue weighted by Gasteiger charge is -2.05. The number of ether oxygens (including phenoxy) is 1. The molecule has 0 fully saturated rings. The van der Waals surface area contributed by atoms with E-state index < -0.39 is 5.97 Å². The Bertz CT molecular complexity index is 837. The molecule has 5 heteroatoms. The largest absolute Gasteiger partial charge is 0.496 e. The third kappa shape index (κ3) is 2.33. The van der Waals surface area contributed by atoms with Crippen molar-refractivity contribution in [3.05, 3.63) is 53.9 Å². The SMILES string of the molecule is COc1ccc(-c2cn3ccc(C(=O)O)cc3n2)cc1C. The Morgan fingerprint density at radius 1 is 1.29 bits per heavy atom. The molecule has 0 aliphatic carbocycles. The van der Waals surface area contributed by atoms with Crippen molar-refractivity contribution in [2.75, 3.05) is 7.11 Å². The number of aromatic nitrogens is 2. The lowest BCUT2D eigenvalue weighted by atomic mass is 10.1. The van der Waals surface area contributed by atoms with E-state index in [-0.39, 0.29) is 5.56 Å². The van der Waals surface area contributed by atoms with Crippen molar-refractivity contribution in [3.63, 3.8) is 0 Å². The Hall–Kier alpha value is -2.82. The number of hydrogen-bond donors (Lipinski definition) is 1. The molecule has 0 amide bonds. The van der Waals surface area contributed by atoms with E-state index in [9.17, 15) is 4.79 Å². The number of rotatable bonds is 3. The molecule has 5 nitrogen and oxygen atoms in total. The molecule has 2 aromatic heterocycles. The molecule has 0 unspecified atom stereocenters. The molecule has 1 aromatic carbocycles. The summed E-state index contributed by atoms with van der Waals surface area (Å²) in [4.78, 5) is 15.5. The number of benzene rings is 1. The minimum atomic E-state index is -0.956. The van der Waals surface area contributed by atoms with Gasteiger partial charge in [0.2, 0.25) is 0 Å². The summed E-state index contributed by atoms with van der Waals surface area (Å²) in [5.41, 5.74) is 3.62. The van der Waals surface area contributed by atoms with Gasteiger partial charge < -0.3 is 14.2 Å². The van der Waals surface area contributed by atoms with Gasteiger partial charge in [0.1, 0.15) is 11.4 Å². The minimum absolute atomic E-state index is 0.227. The van der Waals surface area contributed by atoms with E-state index in [0.717, 1.165) is 22.6 Å². The first-order chi connectivity index (χ1) is 10.1. The maximum absolute atomic E-state index is 11.0. The van der Waals surface area contributed by atoms with E-state index in [1.54, 1.807) is 29.8 Å². The highest BCUT2D eigenvalue weighted by Crippen LogP contribution is 2.25. The molecular formula is C16H14N2O3. The van der Waals surface area contributed by atoms with Crippen LogP contribution < -0.4 is 4.74 Å². The van der Waals surface area contributed by atoms with Gasteiger partial charge in [0.05, 0.1) is 18.4 Å². The summed E-state index contributed by atoms with van der Waals surface area (Å²) in [6.45, 7) is 1.97. The molecule has 1 N–H and O–H groups in total. The molecule has 3 aromatic rings. The molecule has 0 saturated heterocycles. The van der Waals surface area contributed by atoms with Crippen LogP contribution >= 0.6 is 0 Å². The molecule has 0 aliphatic rings. The van der Waals surface area contributed by atoms with Crippen LogP contribution in [0.15, 0.2) is 42.7 Å². The summed E-state index contributed by atoms with van der Waals surface area (Å²) >= 11 is 0. The summed E-state index contributed by atoms with van der Waals surface area (Å²) < 4.78 is 7.05. The number of methoxy groups -OCH3 is 1. The van der Waals surface area contributed by atoms with Crippen molar-refractivity contribution in [3.8, 4) is 17.0 Å². The molecule has 0 atom stereocenters. The number of carboxylic acids is 1. The lowest BCUT2D eigenvalue weighted by molar-refractivity contribution is 0.0697. The fraction of sp³-hybridized carbons (Fsp3) is 0.125. The molecule has 2 heterocycles. The second kappa shape index (κ2) is 4.94. The van der Waals surface area contributed by atoms with Gasteiger partial charge in [-0.1, -0.05) is 0 Å². The molecule has 0 aliphatic heterocycles. The number of aryl methyl sites for hydroxylation is 1. The molecule has 0 radical (unpaired) electrons. The number of carbonyl (C=O) groups is 1. The van der Waals surface area contributed by atoms with Crippen LogP contribution in [0, 0.1) is 6.92 Å². The first kappa shape index (κ1) is 13.2. The van der Waals surface area contributed by atoms with Crippen LogP contribution in [0.25, 0.3) is 16.9 Å². The molecule has 106 valence electrons. The highest BCUT2D eigenvalue weighted by molar-refractivity contribution is 5.88. The van der Waals surface area contributed by atoms with E-state index in [1.165, 1.54) is 0 Å². The topological polar surface area (TPSA) is 63.8 Å². The zero-order valence-corrected chi connectivity index (χ0v) is 11.7. The first-order valence-electron chi connectivity index (χ1n) is 6.45. The van der Waals surface area contributed by atoms with Gasteiger partial charge in [0.15, 0.2) is 0 Å². The number of nitrogens with zero attached hydrogens (tertiary/aromatic N) is 2. The van der Waals surface area contributed by atoms with Crippen molar-refractivity contribution < 1.29 is 14.6 Å². The maximum Gasteiger partial charge on any atom is 0.335 e. The third-order valence-electron chi connectivity index (χ3n) is 3.40. The zero-order valence-electron chi connectivity index (χ0n) is 11.7. The van der Waals surface area contributed by atoms with E-state index in [4.69, 9.17) is 9.84 Å². The monoisotopic (exact) mass is 282 g/mol. The van der Waals surface area contributed by atoms with E-state index >= 15 is 0 Å². The number of carboxylic acid groups (broad SMARTS) is 1. The fourth-order valence-corrected chi connectivity index (χ4v) is 2.29. The average Bonchev–Trinajstić information content (AvgIpc) is 2.89. The second-order valence-corrected chi connectivity index (χ2v) is 4.80. The van der Waals surface area contributed by atoms with E-state index in [0.29, 0.717) is 5.65 Å². The van der Waals surface area contributed by atoms with Crippen LogP contribution in [0.1, 0.15) is 15.9 Å². The number of fused-ring (bicyclic) bond motifs is 1. The van der Waals surface area contributed by atoms with Gasteiger partial charge in [0, 0.05) is 18.0 Å². The fourth-order valence-electron chi connectivity index (χ4n) is 2.29. The van der Waals surface area contributed by atoms with Crippen LogP contribution in [0.3, 0.4) is 0 Å². The standard InChI is InChI=1S/C16H14N2O3/c1-10-7-11(3-4-14(10)21-2)13-9-18-6-5-12(16(19)20)8-15(18)17-13/h3-9H,1-2H3,(H,19,20). The number of pyridine rings is 1. The van der Waals surface area contributed by atoms with Crippen LogP contribution in [0.5, 0.6) is 5.75 Å². The van der Waals surface area contributed by atoms with Crippen LogP contribution in [0.4, 0.5) is 0 Å². The predicted molar refractivity (Wildman–Crippen MR) is 78.9 cm³/mol. The second-order valence-electron chi connectivity index (χ2n) is 4.80. The summed E-state index contributed by atoms with van der Waals surface area (Å²) in [5, 5.41) is 9.01. The van der Waals surface area contributed by atoms with E-state index in [2.05, 4.69) is 4.98 Å². The van der Waals surface area contributed by atoms with Crippen molar-refractivity contribution in [2.45, 2.75) is 6.92 Å². The summed E-state index contributed by atoms with van der Waals surface area (Å²) in [6.07, 6.45) is 3.58. The van der Waals surface area contributed by atoms with Gasteiger partial charge in [0.25, 0.3) is 0 Å². The molecule has 0 saturated carbocycles. The Labute approximate surface area is 121 Å². The summed E-state index contributed by atoms with van der Waals surface area (Å²) in [7, 11) is 1.64. The van der Waals surface area contributed by atoms with Gasteiger partial charge >= 0.3 is 5.97 Å². The Morgan fingerprint density at radius 3 is 2.76 bits per heavy atom. The highest BCUT2D eigenvalue weighted by atomic mass is 16.5. The Morgan fingerprint density at radius 2 is 2.10 bits per heavy atom. The average molecular weight is 282 g/mol. The van der Waals surface area contributed by atoms with Crippen LogP contribution in [0.2, 0.25) is 0 Å². The lowest BCUT2D eigenvalue weighted by Crippen LogP contribution is -1.96. The van der Waals surface area contributed by atoms with Gasteiger partial charge in [-0.3, -0.25) is 0 Å². The van der Waals surface area contributed by atoms with Gasteiger partial charge in [-0.25, -0.2) is 9.78 Å². The Kier molecular flexibility index (Phi) is 3.10. The molecular weight excluding hydrogens is 268 g/mol. The molecule has 3 rings (SSSR count). The summed E-state index contributed by atoms with van der Waals surface area (Å²) in [6, 6.07) is 8.95. The maximum atomic E-state index is 11.0. The smallest absolute Gasteiger partial charge is 0.335 e. The molecule has 0 spiro atoms. The van der Waals surface area contributed by atoms with Crippen molar-refractivity contribution in [1.82, 2.24) is 9.38 Å². The van der Waals surface area contributed by atoms with Gasteiger partial charge in [-0.15, -0.1) is 0 Å². The number of hydrogen-bond acceptors (Lipinski definition) is 3. The van der Waals surface area contributed by atoms with Gasteiger partial charge in [-0.2, -0.15) is 0 Å². The first-order valence-corrected chi connectivity index (χ1v) is 6.45.